The third kappa shape index (κ3) is 4.79. The third-order valence-corrected chi connectivity index (χ3v) is 8.04. The maximum Gasteiger partial charge on any atom is 0.196 e. The van der Waals surface area contributed by atoms with E-state index in [0.717, 1.165) is 39.5 Å². The summed E-state index contributed by atoms with van der Waals surface area (Å²) in [5.41, 5.74) is 6.00. The van der Waals surface area contributed by atoms with Crippen molar-refractivity contribution in [2.45, 2.75) is 29.7 Å². The molecule has 0 unspecified atom stereocenters. The second kappa shape index (κ2) is 10.1. The van der Waals surface area contributed by atoms with Gasteiger partial charge in [-0.3, -0.25) is 4.57 Å². The van der Waals surface area contributed by atoms with Crippen molar-refractivity contribution in [1.29, 1.82) is 0 Å². The normalized spacial score (nSPS) is 11.8. The zero-order valence-electron chi connectivity index (χ0n) is 20.3. The summed E-state index contributed by atoms with van der Waals surface area (Å²) in [6.07, 6.45) is 2.20. The number of methoxy groups -OCH3 is 1. The van der Waals surface area contributed by atoms with E-state index < -0.39 is 0 Å². The average Bonchev–Trinajstić information content (AvgIpc) is 3.42. The number of thiol groups is 1. The number of thioether (sulfide) groups is 1. The second-order valence-corrected chi connectivity index (χ2v) is 10.4. The number of aromatic nitrogens is 4. The molecule has 2 heterocycles. The number of para-hydroxylation sites is 2. The van der Waals surface area contributed by atoms with Crippen LogP contribution in [0.25, 0.3) is 16.6 Å². The summed E-state index contributed by atoms with van der Waals surface area (Å²) in [5.74, 6) is 2.52. The minimum atomic E-state index is 0.800. The molecule has 178 valence electrons. The van der Waals surface area contributed by atoms with E-state index in [1.165, 1.54) is 32.5 Å². The molecule has 0 radical (unpaired) electrons. The molecule has 0 amide bonds. The van der Waals surface area contributed by atoms with Crippen molar-refractivity contribution in [2.24, 2.45) is 7.05 Å². The first-order valence-electron chi connectivity index (χ1n) is 11.4. The lowest BCUT2D eigenvalue weighted by Gasteiger charge is -2.14. The molecule has 0 aliphatic carbocycles. The molecule has 0 aliphatic heterocycles. The number of fused-ring (bicyclic) bond motifs is 1. The molecule has 3 aromatic carbocycles. The van der Waals surface area contributed by atoms with Crippen molar-refractivity contribution >= 4 is 39.4 Å². The molecule has 5 nitrogen and oxygen atoms in total. The van der Waals surface area contributed by atoms with Crippen molar-refractivity contribution in [2.75, 3.05) is 7.11 Å². The zero-order valence-corrected chi connectivity index (χ0v) is 22.0. The predicted molar refractivity (Wildman–Crippen MR) is 149 cm³/mol. The number of hydrogen-bond donors (Lipinski definition) is 1. The average molecular weight is 501 g/mol. The first kappa shape index (κ1) is 23.5. The van der Waals surface area contributed by atoms with Crippen molar-refractivity contribution in [1.82, 2.24) is 19.3 Å². The quantitative estimate of drug-likeness (QED) is 0.161. The number of ether oxygens (including phenoxy) is 1. The summed E-state index contributed by atoms with van der Waals surface area (Å²) >= 11 is 2.78. The number of benzene rings is 3. The summed E-state index contributed by atoms with van der Waals surface area (Å²) in [6.45, 7) is 4.29. The number of aryl methyl sites for hydroxylation is 3. The minimum absolute atomic E-state index is 0.800. The highest BCUT2D eigenvalue weighted by atomic mass is 32.2. The van der Waals surface area contributed by atoms with Crippen molar-refractivity contribution in [3.63, 3.8) is 0 Å². The fourth-order valence-corrected chi connectivity index (χ4v) is 6.14. The zero-order chi connectivity index (χ0) is 24.4. The molecule has 0 spiro atoms. The van der Waals surface area contributed by atoms with Crippen LogP contribution in [0, 0.1) is 13.8 Å². The van der Waals surface area contributed by atoms with Gasteiger partial charge in [0.05, 0.1) is 12.8 Å². The van der Waals surface area contributed by atoms with Crippen LogP contribution in [0.2, 0.25) is 0 Å². The molecule has 0 atom stereocenters. The van der Waals surface area contributed by atoms with Gasteiger partial charge in [0.25, 0.3) is 0 Å². The Balaban J connectivity index is 1.53. The number of rotatable bonds is 7. The Hall–Kier alpha value is -3.29. The first-order chi connectivity index (χ1) is 17.0. The van der Waals surface area contributed by atoms with Crippen LogP contribution in [-0.2, 0) is 12.8 Å². The molecule has 5 aromatic rings. The first-order valence-corrected chi connectivity index (χ1v) is 13.4. The van der Waals surface area contributed by atoms with Gasteiger partial charge in [-0.1, -0.05) is 60.3 Å². The fourth-order valence-electron chi connectivity index (χ4n) is 4.25. The van der Waals surface area contributed by atoms with Gasteiger partial charge in [0.2, 0.25) is 0 Å². The summed E-state index contributed by atoms with van der Waals surface area (Å²) in [4.78, 5) is 1.26. The van der Waals surface area contributed by atoms with E-state index in [1.54, 1.807) is 18.9 Å². The summed E-state index contributed by atoms with van der Waals surface area (Å²) in [5, 5.41) is 13.5. The summed E-state index contributed by atoms with van der Waals surface area (Å²) in [6, 6.07) is 23.1. The Morgan fingerprint density at radius 1 is 0.943 bits per heavy atom. The Labute approximate surface area is 213 Å². The van der Waals surface area contributed by atoms with E-state index in [4.69, 9.17) is 4.74 Å². The van der Waals surface area contributed by atoms with Crippen LogP contribution in [0.1, 0.15) is 22.5 Å². The van der Waals surface area contributed by atoms with Crippen LogP contribution in [0.3, 0.4) is 0 Å². The highest BCUT2D eigenvalue weighted by molar-refractivity contribution is 7.98. The second-order valence-electron chi connectivity index (χ2n) is 8.45. The maximum atomic E-state index is 5.29. The molecule has 0 bridgehead atoms. The molecule has 5 rings (SSSR count). The standard InChI is InChI=1S/C28H28N4OS2/c1-19-8-7-9-20(2)27(19)32-26(18-34-25-16-31(3)24-11-6-5-10-23(24)25)29-30-28(32)35-17-21-12-14-22(33-4)15-13-21/h5-16,18,34H,17H2,1-4H3. The van der Waals surface area contributed by atoms with Gasteiger partial charge < -0.3 is 9.30 Å². The number of nitrogens with zero attached hydrogens (tertiary/aromatic N) is 4. The van der Waals surface area contributed by atoms with Gasteiger partial charge >= 0.3 is 0 Å². The van der Waals surface area contributed by atoms with Crippen LogP contribution in [0.5, 0.6) is 5.75 Å². The van der Waals surface area contributed by atoms with E-state index >= 15 is 0 Å². The smallest absolute Gasteiger partial charge is 0.196 e. The predicted octanol–water partition coefficient (Wildman–Crippen LogP) is 6.35. The molecule has 2 aromatic heterocycles. The lowest BCUT2D eigenvalue weighted by molar-refractivity contribution is 0.414. The lowest BCUT2D eigenvalue weighted by Crippen LogP contribution is -2.06. The topological polar surface area (TPSA) is 44.9 Å². The Kier molecular flexibility index (Phi) is 6.79. The summed E-state index contributed by atoms with van der Waals surface area (Å²) in [7, 11) is 3.78. The highest BCUT2D eigenvalue weighted by Gasteiger charge is 2.17. The van der Waals surface area contributed by atoms with Crippen LogP contribution in [0.15, 0.2) is 83.0 Å². The van der Waals surface area contributed by atoms with E-state index in [2.05, 4.69) is 106 Å². The minimum Gasteiger partial charge on any atom is -0.497 e. The van der Waals surface area contributed by atoms with Crippen LogP contribution < -0.4 is 4.74 Å². The van der Waals surface area contributed by atoms with Crippen molar-refractivity contribution in [3.8, 4) is 11.4 Å². The highest BCUT2D eigenvalue weighted by Crippen LogP contribution is 2.30. The Morgan fingerprint density at radius 2 is 1.69 bits per heavy atom. The van der Waals surface area contributed by atoms with E-state index in [-0.39, 0.29) is 0 Å². The molecule has 0 fully saturated rings. The maximum absolute atomic E-state index is 5.29. The van der Waals surface area contributed by atoms with Gasteiger partial charge in [0.1, 0.15) is 5.75 Å². The number of hydrogen-bond acceptors (Lipinski definition) is 4. The molecule has 0 N–H and O–H groups in total. The van der Waals surface area contributed by atoms with Crippen LogP contribution >= 0.6 is 23.1 Å². The Bertz CT molecular complexity index is 1500. The molecular formula is C28H28N4OS2. The van der Waals surface area contributed by atoms with Gasteiger partial charge in [0.15, 0.2) is 11.0 Å². The SMILES string of the molecule is COc1ccc(CSc2nnc(C=[SH]c3cn(C)c4ccccc34)n2-c2c(C)cccc2C)cc1. The van der Waals surface area contributed by atoms with Crippen molar-refractivity contribution < 1.29 is 4.74 Å². The van der Waals surface area contributed by atoms with Gasteiger partial charge in [0, 0.05) is 40.2 Å². The molecule has 0 saturated carbocycles. The summed E-state index contributed by atoms with van der Waals surface area (Å²) < 4.78 is 9.67. The van der Waals surface area contributed by atoms with Crippen LogP contribution in [-0.4, -0.2) is 31.8 Å². The monoisotopic (exact) mass is 500 g/mol. The van der Waals surface area contributed by atoms with E-state index in [1.807, 2.05) is 12.1 Å². The van der Waals surface area contributed by atoms with Crippen molar-refractivity contribution in [3.05, 3.63) is 95.4 Å². The van der Waals surface area contributed by atoms with Gasteiger partial charge in [-0.15, -0.1) is 10.2 Å². The van der Waals surface area contributed by atoms with E-state index in [0.29, 0.717) is 0 Å². The molecule has 0 saturated heterocycles. The molecule has 7 heteroatoms. The van der Waals surface area contributed by atoms with Gasteiger partial charge in [-0.25, -0.2) is 0 Å². The van der Waals surface area contributed by atoms with Crippen LogP contribution in [0.4, 0.5) is 0 Å². The lowest BCUT2D eigenvalue weighted by atomic mass is 10.1. The Morgan fingerprint density at radius 3 is 2.43 bits per heavy atom. The fraction of sp³-hybridized carbons (Fsp3) is 0.179. The molecular weight excluding hydrogens is 472 g/mol. The molecule has 0 aliphatic rings. The largest absolute Gasteiger partial charge is 0.497 e. The van der Waals surface area contributed by atoms with E-state index in [9.17, 15) is 0 Å². The van der Waals surface area contributed by atoms with Gasteiger partial charge in [-0.05, 0) is 48.7 Å². The van der Waals surface area contributed by atoms with Gasteiger partial charge in [-0.2, -0.15) is 11.4 Å². The molecule has 35 heavy (non-hydrogen) atoms. The third-order valence-electron chi connectivity index (χ3n) is 6.04.